The minimum absolute atomic E-state index is 0.167. The Hall–Kier alpha value is -3.47. The molecule has 2 aliphatic rings. The Morgan fingerprint density at radius 3 is 2.24 bits per heavy atom. The number of benzene rings is 2. The predicted molar refractivity (Wildman–Crippen MR) is 158 cm³/mol. The smallest absolute Gasteiger partial charge is 0.407 e. The number of carboxylic acid groups (broad SMARTS) is 1. The number of rotatable bonds is 6. The molecule has 9 nitrogen and oxygen atoms in total. The van der Waals surface area contributed by atoms with Crippen molar-refractivity contribution in [3.63, 3.8) is 0 Å². The van der Waals surface area contributed by atoms with Gasteiger partial charge >= 0.3 is 6.09 Å². The van der Waals surface area contributed by atoms with E-state index in [1.165, 1.54) is 15.9 Å². The van der Waals surface area contributed by atoms with Crippen LogP contribution in [0.4, 0.5) is 4.79 Å². The number of halogens is 1. The second kappa shape index (κ2) is 11.1. The van der Waals surface area contributed by atoms with E-state index in [1.54, 1.807) is 41.3 Å². The third kappa shape index (κ3) is 5.43. The SMILES string of the molecule is O=C(O)N1CCC2(CCN(CCc3ccc(-c4cc5c(Cl)ncnc5n4S(=O)(=O)c4ccccc4)cc3)CC2)CC1. The molecule has 2 fully saturated rings. The van der Waals surface area contributed by atoms with E-state index in [9.17, 15) is 18.3 Å². The van der Waals surface area contributed by atoms with Gasteiger partial charge in [0.25, 0.3) is 10.0 Å². The lowest BCUT2D eigenvalue weighted by molar-refractivity contribution is 0.0368. The summed E-state index contributed by atoms with van der Waals surface area (Å²) in [5, 5.41) is 9.92. The topological polar surface area (TPSA) is 109 Å². The lowest BCUT2D eigenvalue weighted by Gasteiger charge is -2.46. The molecule has 0 aliphatic carbocycles. The van der Waals surface area contributed by atoms with E-state index in [0.717, 1.165) is 57.3 Å². The maximum absolute atomic E-state index is 13.7. The fraction of sp³-hybridized carbons (Fsp3) is 0.367. The van der Waals surface area contributed by atoms with Crippen molar-refractivity contribution in [3.8, 4) is 11.3 Å². The molecular weight excluding hydrogens is 562 g/mol. The Morgan fingerprint density at radius 1 is 0.927 bits per heavy atom. The van der Waals surface area contributed by atoms with E-state index in [4.69, 9.17) is 11.6 Å². The molecule has 4 heterocycles. The van der Waals surface area contributed by atoms with Gasteiger partial charge in [0.1, 0.15) is 11.5 Å². The maximum atomic E-state index is 13.7. The van der Waals surface area contributed by atoms with E-state index >= 15 is 0 Å². The van der Waals surface area contributed by atoms with Gasteiger partial charge in [-0.2, -0.15) is 0 Å². The minimum Gasteiger partial charge on any atom is -0.465 e. The predicted octanol–water partition coefficient (Wildman–Crippen LogP) is 5.39. The number of fused-ring (bicyclic) bond motifs is 1. The number of hydrogen-bond donors (Lipinski definition) is 1. The summed E-state index contributed by atoms with van der Waals surface area (Å²) in [5.41, 5.74) is 2.93. The zero-order valence-corrected chi connectivity index (χ0v) is 24.2. The van der Waals surface area contributed by atoms with Crippen molar-refractivity contribution in [1.82, 2.24) is 23.7 Å². The Bertz CT molecular complexity index is 1660. The number of hydrogen-bond acceptors (Lipinski definition) is 6. The van der Waals surface area contributed by atoms with Gasteiger partial charge in [0.05, 0.1) is 16.0 Å². The number of likely N-dealkylation sites (tertiary alicyclic amines) is 2. The van der Waals surface area contributed by atoms with Gasteiger partial charge in [-0.3, -0.25) is 0 Å². The summed E-state index contributed by atoms with van der Waals surface area (Å²) in [7, 11) is -3.94. The fourth-order valence-corrected chi connectivity index (χ4v) is 7.84. The molecule has 214 valence electrons. The second-order valence-electron chi connectivity index (χ2n) is 11.1. The van der Waals surface area contributed by atoms with Crippen LogP contribution in [0.2, 0.25) is 5.15 Å². The number of amides is 1. The summed E-state index contributed by atoms with van der Waals surface area (Å²) in [6.07, 6.45) is 5.51. The molecule has 0 atom stereocenters. The molecule has 2 aliphatic heterocycles. The Labute approximate surface area is 244 Å². The molecule has 6 rings (SSSR count). The first-order valence-corrected chi connectivity index (χ1v) is 15.7. The van der Waals surface area contributed by atoms with Crippen LogP contribution in [0, 0.1) is 5.41 Å². The van der Waals surface area contributed by atoms with Gasteiger partial charge in [-0.15, -0.1) is 0 Å². The molecule has 11 heteroatoms. The van der Waals surface area contributed by atoms with Crippen LogP contribution in [-0.4, -0.2) is 76.1 Å². The molecule has 0 saturated carbocycles. The average Bonchev–Trinajstić information content (AvgIpc) is 3.40. The zero-order chi connectivity index (χ0) is 28.6. The molecule has 1 N–H and O–H groups in total. The van der Waals surface area contributed by atoms with Crippen LogP contribution < -0.4 is 0 Å². The van der Waals surface area contributed by atoms with Gasteiger partial charge in [-0.25, -0.2) is 27.2 Å². The quantitative estimate of drug-likeness (QED) is 0.299. The number of piperidine rings is 2. The highest BCUT2D eigenvalue weighted by Gasteiger charge is 2.38. The third-order valence-corrected chi connectivity index (χ3v) is 10.8. The first kappa shape index (κ1) is 27.7. The highest BCUT2D eigenvalue weighted by Crippen LogP contribution is 2.41. The monoisotopic (exact) mass is 593 g/mol. The fourth-order valence-electron chi connectivity index (χ4n) is 6.16. The van der Waals surface area contributed by atoms with Crippen LogP contribution in [-0.2, 0) is 16.4 Å². The van der Waals surface area contributed by atoms with Crippen molar-refractivity contribution in [2.45, 2.75) is 37.0 Å². The second-order valence-corrected chi connectivity index (χ2v) is 13.2. The first-order valence-electron chi connectivity index (χ1n) is 13.9. The summed E-state index contributed by atoms with van der Waals surface area (Å²) in [6.45, 7) is 4.30. The average molecular weight is 594 g/mol. The summed E-state index contributed by atoms with van der Waals surface area (Å²) < 4.78 is 28.7. The van der Waals surface area contributed by atoms with Crippen molar-refractivity contribution in [2.75, 3.05) is 32.7 Å². The van der Waals surface area contributed by atoms with Gasteiger partial charge < -0.3 is 14.9 Å². The van der Waals surface area contributed by atoms with Gasteiger partial charge in [-0.05, 0) is 79.9 Å². The summed E-state index contributed by atoms with van der Waals surface area (Å²) in [6, 6.07) is 18.0. The molecule has 1 spiro atoms. The molecule has 0 unspecified atom stereocenters. The van der Waals surface area contributed by atoms with Crippen LogP contribution in [0.15, 0.2) is 71.9 Å². The highest BCUT2D eigenvalue weighted by molar-refractivity contribution is 7.90. The van der Waals surface area contributed by atoms with Crippen LogP contribution in [0.1, 0.15) is 31.2 Å². The van der Waals surface area contributed by atoms with Crippen LogP contribution in [0.5, 0.6) is 0 Å². The lowest BCUT2D eigenvalue weighted by Crippen LogP contribution is -2.48. The Kier molecular flexibility index (Phi) is 7.48. The summed E-state index contributed by atoms with van der Waals surface area (Å²) in [5.74, 6) is 0. The number of nitrogens with zero attached hydrogens (tertiary/aromatic N) is 5. The van der Waals surface area contributed by atoms with Crippen LogP contribution in [0.25, 0.3) is 22.3 Å². The van der Waals surface area contributed by atoms with Gasteiger partial charge in [-0.1, -0.05) is 54.1 Å². The molecule has 2 aromatic heterocycles. The summed E-state index contributed by atoms with van der Waals surface area (Å²) in [4.78, 5) is 23.8. The Morgan fingerprint density at radius 2 is 1.59 bits per heavy atom. The summed E-state index contributed by atoms with van der Waals surface area (Å²) >= 11 is 6.34. The largest absolute Gasteiger partial charge is 0.465 e. The van der Waals surface area contributed by atoms with Crippen molar-refractivity contribution < 1.29 is 18.3 Å². The number of aromatic nitrogens is 3. The molecular formula is C30H32ClN5O4S. The van der Waals surface area contributed by atoms with Gasteiger partial charge in [0.15, 0.2) is 5.65 Å². The number of carbonyl (C=O) groups is 1. The van der Waals surface area contributed by atoms with Crippen molar-refractivity contribution in [1.29, 1.82) is 0 Å². The van der Waals surface area contributed by atoms with Crippen molar-refractivity contribution in [2.24, 2.45) is 5.41 Å². The molecule has 1 amide bonds. The van der Waals surface area contributed by atoms with Crippen molar-refractivity contribution in [3.05, 3.63) is 77.7 Å². The van der Waals surface area contributed by atoms with Crippen LogP contribution >= 0.6 is 11.6 Å². The van der Waals surface area contributed by atoms with Crippen molar-refractivity contribution >= 4 is 38.8 Å². The van der Waals surface area contributed by atoms with E-state index < -0.39 is 16.1 Å². The molecule has 2 saturated heterocycles. The molecule has 41 heavy (non-hydrogen) atoms. The Balaban J connectivity index is 1.17. The zero-order valence-electron chi connectivity index (χ0n) is 22.6. The van der Waals surface area contributed by atoms with E-state index in [2.05, 4.69) is 14.9 Å². The highest BCUT2D eigenvalue weighted by atomic mass is 35.5. The normalized spacial score (nSPS) is 17.7. The van der Waals surface area contributed by atoms with Gasteiger partial charge in [0.2, 0.25) is 0 Å². The van der Waals surface area contributed by atoms with Crippen LogP contribution in [0.3, 0.4) is 0 Å². The van der Waals surface area contributed by atoms with Gasteiger partial charge in [0, 0.05) is 19.6 Å². The molecule has 0 bridgehead atoms. The first-order chi connectivity index (χ1) is 19.8. The van der Waals surface area contributed by atoms with E-state index in [0.29, 0.717) is 24.2 Å². The molecule has 4 aromatic rings. The third-order valence-electron chi connectivity index (χ3n) is 8.77. The maximum Gasteiger partial charge on any atom is 0.407 e. The molecule has 2 aromatic carbocycles. The molecule has 0 radical (unpaired) electrons. The minimum atomic E-state index is -3.94. The van der Waals surface area contributed by atoms with E-state index in [-0.39, 0.29) is 21.1 Å². The standard InChI is InChI=1S/C30H32ClN5O4S/c31-27-25-20-26(36(28(25)33-21-32-27)41(39,40)24-4-2-1-3-5-24)23-8-6-22(7-9-23)10-15-34-16-11-30(12-17-34)13-18-35(19-14-30)29(37)38/h1-9,20-21H,10-19H2,(H,37,38). The van der Waals surface area contributed by atoms with E-state index in [1.807, 2.05) is 24.3 Å². The lowest BCUT2D eigenvalue weighted by atomic mass is 9.71.